The van der Waals surface area contributed by atoms with Crippen molar-refractivity contribution in [2.24, 2.45) is 0 Å². The van der Waals surface area contributed by atoms with E-state index in [2.05, 4.69) is 4.98 Å². The second kappa shape index (κ2) is 7.01. The number of fused-ring (bicyclic) bond motifs is 1. The summed E-state index contributed by atoms with van der Waals surface area (Å²) in [6.45, 7) is 1.92. The van der Waals surface area contributed by atoms with Crippen LogP contribution in [-0.2, 0) is 9.53 Å². The summed E-state index contributed by atoms with van der Waals surface area (Å²) < 4.78 is 4.85. The number of piperazine rings is 1. The number of carbonyl (C=O) groups is 2. The molecule has 0 unspecified atom stereocenters. The number of aromatic amines is 1. The number of carbonyl (C=O) groups excluding carboxylic acids is 2. The molecule has 3 rings (SSSR count). The van der Waals surface area contributed by atoms with Gasteiger partial charge in [-0.1, -0.05) is 29.3 Å². The van der Waals surface area contributed by atoms with Crippen LogP contribution < -0.4 is 0 Å². The first-order valence-electron chi connectivity index (χ1n) is 7.54. The molecule has 0 spiro atoms. The highest BCUT2D eigenvalue weighted by Gasteiger charge is 2.27. The lowest BCUT2D eigenvalue weighted by Crippen LogP contribution is -2.51. The zero-order valence-corrected chi connectivity index (χ0v) is 14.7. The summed E-state index contributed by atoms with van der Waals surface area (Å²) in [5, 5.41) is 1.49. The minimum Gasteiger partial charge on any atom is -0.375 e. The summed E-state index contributed by atoms with van der Waals surface area (Å²) in [6, 6.07) is 5.36. The fraction of sp³-hybridized carbons (Fsp3) is 0.375. The zero-order chi connectivity index (χ0) is 17.3. The van der Waals surface area contributed by atoms with Crippen molar-refractivity contribution in [1.29, 1.82) is 0 Å². The third kappa shape index (κ3) is 3.09. The monoisotopic (exact) mass is 369 g/mol. The first kappa shape index (κ1) is 17.1. The first-order chi connectivity index (χ1) is 11.5. The van der Waals surface area contributed by atoms with Crippen molar-refractivity contribution in [2.75, 3.05) is 39.9 Å². The number of halogens is 2. The normalized spacial score (nSPS) is 15.1. The van der Waals surface area contributed by atoms with Gasteiger partial charge in [0.25, 0.3) is 5.91 Å². The van der Waals surface area contributed by atoms with E-state index in [1.807, 2.05) is 6.07 Å². The largest absolute Gasteiger partial charge is 0.375 e. The SMILES string of the molecule is COCC(=O)N1CCN(C(=O)c2[nH]c3cccc(Cl)c3c2Cl)CC1. The fourth-order valence-electron chi connectivity index (χ4n) is 2.85. The number of benzene rings is 1. The number of aromatic nitrogens is 1. The molecule has 6 nitrogen and oxygen atoms in total. The summed E-state index contributed by atoms with van der Waals surface area (Å²) in [7, 11) is 1.49. The molecule has 2 amide bonds. The fourth-order valence-corrected chi connectivity index (χ4v) is 3.49. The van der Waals surface area contributed by atoms with E-state index >= 15 is 0 Å². The molecular weight excluding hydrogens is 353 g/mol. The van der Waals surface area contributed by atoms with Crippen molar-refractivity contribution in [3.63, 3.8) is 0 Å². The highest BCUT2D eigenvalue weighted by molar-refractivity contribution is 6.44. The number of rotatable bonds is 3. The van der Waals surface area contributed by atoms with E-state index in [-0.39, 0.29) is 18.4 Å². The molecule has 1 fully saturated rings. The summed E-state index contributed by atoms with van der Waals surface area (Å²) in [4.78, 5) is 31.0. The minimum absolute atomic E-state index is 0.0558. The van der Waals surface area contributed by atoms with Crippen LogP contribution in [0.5, 0.6) is 0 Å². The molecule has 8 heteroatoms. The van der Waals surface area contributed by atoms with Crippen LogP contribution in [0.4, 0.5) is 0 Å². The van der Waals surface area contributed by atoms with Crippen LogP contribution in [-0.4, -0.2) is 66.5 Å². The Bertz CT molecular complexity index is 782. The predicted molar refractivity (Wildman–Crippen MR) is 92.7 cm³/mol. The number of H-pyrrole nitrogens is 1. The molecule has 0 radical (unpaired) electrons. The Morgan fingerprint density at radius 3 is 2.46 bits per heavy atom. The van der Waals surface area contributed by atoms with Crippen LogP contribution >= 0.6 is 23.2 Å². The Hall–Kier alpha value is -1.76. The molecule has 2 heterocycles. The predicted octanol–water partition coefficient (Wildman–Crippen LogP) is 2.41. The van der Waals surface area contributed by atoms with Crippen LogP contribution in [0, 0.1) is 0 Å². The van der Waals surface area contributed by atoms with Gasteiger partial charge in [-0.15, -0.1) is 0 Å². The molecule has 24 heavy (non-hydrogen) atoms. The van der Waals surface area contributed by atoms with E-state index in [1.54, 1.807) is 21.9 Å². The van der Waals surface area contributed by atoms with Gasteiger partial charge >= 0.3 is 0 Å². The van der Waals surface area contributed by atoms with Crippen molar-refractivity contribution in [2.45, 2.75) is 0 Å². The summed E-state index contributed by atoms with van der Waals surface area (Å²) >= 11 is 12.5. The number of hydrogen-bond donors (Lipinski definition) is 1. The lowest BCUT2D eigenvalue weighted by molar-refractivity contribution is -0.136. The van der Waals surface area contributed by atoms with E-state index in [1.165, 1.54) is 7.11 Å². The Balaban J connectivity index is 1.76. The second-order valence-electron chi connectivity index (χ2n) is 5.58. The lowest BCUT2D eigenvalue weighted by Gasteiger charge is -2.34. The molecule has 1 aromatic heterocycles. The number of nitrogens with one attached hydrogen (secondary N) is 1. The van der Waals surface area contributed by atoms with Gasteiger partial charge < -0.3 is 19.5 Å². The van der Waals surface area contributed by atoms with Crippen molar-refractivity contribution in [3.05, 3.63) is 33.9 Å². The van der Waals surface area contributed by atoms with E-state index < -0.39 is 0 Å². The van der Waals surface area contributed by atoms with Crippen LogP contribution in [0.25, 0.3) is 10.9 Å². The highest BCUT2D eigenvalue weighted by atomic mass is 35.5. The third-order valence-electron chi connectivity index (χ3n) is 4.11. The maximum Gasteiger partial charge on any atom is 0.271 e. The third-order valence-corrected chi connectivity index (χ3v) is 4.81. The second-order valence-corrected chi connectivity index (χ2v) is 6.37. The van der Waals surface area contributed by atoms with E-state index in [0.29, 0.717) is 47.3 Å². The van der Waals surface area contributed by atoms with Crippen LogP contribution in [0.15, 0.2) is 18.2 Å². The summed E-state index contributed by atoms with van der Waals surface area (Å²) in [5.74, 6) is -0.258. The Labute approximate surface area is 149 Å². The van der Waals surface area contributed by atoms with Crippen molar-refractivity contribution in [1.82, 2.24) is 14.8 Å². The molecular formula is C16H17Cl2N3O3. The van der Waals surface area contributed by atoms with Crippen molar-refractivity contribution >= 4 is 45.9 Å². The highest BCUT2D eigenvalue weighted by Crippen LogP contribution is 2.33. The van der Waals surface area contributed by atoms with Crippen molar-refractivity contribution < 1.29 is 14.3 Å². The lowest BCUT2D eigenvalue weighted by atomic mass is 10.2. The van der Waals surface area contributed by atoms with Gasteiger partial charge in [-0.25, -0.2) is 0 Å². The molecule has 1 N–H and O–H groups in total. The number of hydrogen-bond acceptors (Lipinski definition) is 3. The van der Waals surface area contributed by atoms with E-state index in [9.17, 15) is 9.59 Å². The molecule has 128 valence electrons. The van der Waals surface area contributed by atoms with Crippen LogP contribution in [0.1, 0.15) is 10.5 Å². The Morgan fingerprint density at radius 2 is 1.83 bits per heavy atom. The maximum atomic E-state index is 12.7. The standard InChI is InChI=1S/C16H17Cl2N3O3/c1-24-9-12(22)20-5-7-21(8-6-20)16(23)15-14(18)13-10(17)3-2-4-11(13)19-15/h2-4,19H,5-9H2,1H3. The van der Waals surface area contributed by atoms with Gasteiger partial charge in [0.05, 0.1) is 10.0 Å². The zero-order valence-electron chi connectivity index (χ0n) is 13.1. The maximum absolute atomic E-state index is 12.7. The van der Waals surface area contributed by atoms with Gasteiger partial charge in [0.15, 0.2) is 0 Å². The van der Waals surface area contributed by atoms with Gasteiger partial charge in [0.1, 0.15) is 12.3 Å². The Kier molecular flexibility index (Phi) is 4.99. The quantitative estimate of drug-likeness (QED) is 0.903. The average molecular weight is 370 g/mol. The topological polar surface area (TPSA) is 65.6 Å². The molecule has 2 aromatic rings. The minimum atomic E-state index is -0.189. The van der Waals surface area contributed by atoms with E-state index in [4.69, 9.17) is 27.9 Å². The molecule has 0 bridgehead atoms. The molecule has 1 aliphatic heterocycles. The van der Waals surface area contributed by atoms with Gasteiger partial charge in [0, 0.05) is 44.2 Å². The summed E-state index contributed by atoms with van der Waals surface area (Å²) in [6.07, 6.45) is 0. The van der Waals surface area contributed by atoms with Crippen molar-refractivity contribution in [3.8, 4) is 0 Å². The average Bonchev–Trinajstić information content (AvgIpc) is 2.93. The first-order valence-corrected chi connectivity index (χ1v) is 8.30. The number of nitrogens with zero attached hydrogens (tertiary/aromatic N) is 2. The number of ether oxygens (including phenoxy) is 1. The van der Waals surface area contributed by atoms with Gasteiger partial charge in [-0.3, -0.25) is 9.59 Å². The molecule has 1 aliphatic rings. The molecule has 1 saturated heterocycles. The van der Waals surface area contributed by atoms with Gasteiger partial charge in [-0.05, 0) is 12.1 Å². The molecule has 0 saturated carbocycles. The van der Waals surface area contributed by atoms with Crippen LogP contribution in [0.3, 0.4) is 0 Å². The molecule has 0 aliphatic carbocycles. The van der Waals surface area contributed by atoms with Crippen LogP contribution in [0.2, 0.25) is 10.0 Å². The van der Waals surface area contributed by atoms with Gasteiger partial charge in [-0.2, -0.15) is 0 Å². The summed E-state index contributed by atoms with van der Waals surface area (Å²) in [5.41, 5.74) is 1.06. The molecule has 1 aromatic carbocycles. The Morgan fingerprint density at radius 1 is 1.17 bits per heavy atom. The van der Waals surface area contributed by atoms with Gasteiger partial charge in [0.2, 0.25) is 5.91 Å². The smallest absolute Gasteiger partial charge is 0.271 e. The number of methoxy groups -OCH3 is 1. The molecule has 0 atom stereocenters. The number of amides is 2. The van der Waals surface area contributed by atoms with E-state index in [0.717, 1.165) is 5.52 Å².